The fourth-order valence-corrected chi connectivity index (χ4v) is 14.0. The van der Waals surface area contributed by atoms with Crippen LogP contribution in [0.25, 0.3) is 0 Å². The van der Waals surface area contributed by atoms with Crippen LogP contribution in [-0.4, -0.2) is 176 Å². The van der Waals surface area contributed by atoms with Gasteiger partial charge in [-0.3, -0.25) is 4.79 Å². The lowest BCUT2D eigenvalue weighted by Crippen LogP contribution is -2.75. The molecule has 17 nitrogen and oxygen atoms in total. The first-order valence-electron chi connectivity index (χ1n) is 24.6. The molecule has 8 aliphatic rings. The summed E-state index contributed by atoms with van der Waals surface area (Å²) in [5, 5.41) is 47.1. The fraction of sp³-hybridized carbons (Fsp3) is 0.939. The lowest BCUT2D eigenvalue weighted by Gasteiger charge is -2.66. The first-order chi connectivity index (χ1) is 31.2. The number of fused-ring (bicyclic) bond motifs is 5. The second-order valence-corrected chi connectivity index (χ2v) is 21.3. The standard InChI is InChI=1S/C49H80O17/c1-24(50)31-14-17-49(54)47(31,7)37(51)23-36-46(6)15-13-30(18-29(46)12-16-48(36,49)53)63-38-20-33(56-9)43(26(3)60-38)65-40-22-35(58-11)45(28(5)62-40)66-41-21-34(57-10)44(27(4)61-41)64-39-19-32(55-8)42(52)25(2)59-39/h12,25-28,30-45,51-54H,13-23H2,1-11H3/t25-,26-,27-,28-,30+,31+,32-,33+,34-,35+,36-,37-,38?,39+,40?,41+,42-,43-,44-,45-,46+,47+,48+,49-/m1/s1. The van der Waals surface area contributed by atoms with Gasteiger partial charge in [0.25, 0.3) is 0 Å². The van der Waals surface area contributed by atoms with Crippen LogP contribution < -0.4 is 0 Å². The molecule has 3 saturated carbocycles. The molecule has 66 heavy (non-hydrogen) atoms. The van der Waals surface area contributed by atoms with Gasteiger partial charge in [0, 0.05) is 71.4 Å². The van der Waals surface area contributed by atoms with Crippen molar-refractivity contribution >= 4 is 5.78 Å². The van der Waals surface area contributed by atoms with E-state index >= 15 is 0 Å². The summed E-state index contributed by atoms with van der Waals surface area (Å²) in [7, 11) is 6.53. The van der Waals surface area contributed by atoms with Crippen molar-refractivity contribution in [1.82, 2.24) is 0 Å². The zero-order valence-electron chi connectivity index (χ0n) is 41.0. The molecule has 4 saturated heterocycles. The predicted molar refractivity (Wildman–Crippen MR) is 235 cm³/mol. The Morgan fingerprint density at radius 1 is 0.636 bits per heavy atom. The summed E-state index contributed by atoms with van der Waals surface area (Å²) >= 11 is 0. The Balaban J connectivity index is 0.843. The van der Waals surface area contributed by atoms with E-state index in [-0.39, 0.29) is 49.0 Å². The molecule has 24 atom stereocenters. The third-order valence-corrected chi connectivity index (χ3v) is 17.9. The molecule has 17 heteroatoms. The molecule has 7 fully saturated rings. The minimum absolute atomic E-state index is 0.0514. The first-order valence-corrected chi connectivity index (χ1v) is 24.6. The Hall–Kier alpha value is -1.23. The summed E-state index contributed by atoms with van der Waals surface area (Å²) in [4.78, 5) is 12.7. The van der Waals surface area contributed by atoms with Gasteiger partial charge in [0.15, 0.2) is 25.2 Å². The minimum Gasteiger partial charge on any atom is -0.392 e. The van der Waals surface area contributed by atoms with E-state index in [0.717, 1.165) is 0 Å². The van der Waals surface area contributed by atoms with Gasteiger partial charge < -0.3 is 77.3 Å². The second-order valence-electron chi connectivity index (χ2n) is 21.3. The number of methoxy groups -OCH3 is 4. The number of hydrogen-bond donors (Lipinski definition) is 4. The van der Waals surface area contributed by atoms with E-state index in [4.69, 9.17) is 56.8 Å². The third kappa shape index (κ3) is 8.82. The Morgan fingerprint density at radius 3 is 1.56 bits per heavy atom. The number of ether oxygens (including phenoxy) is 12. The van der Waals surface area contributed by atoms with Crippen LogP contribution in [0.4, 0.5) is 0 Å². The van der Waals surface area contributed by atoms with E-state index in [1.54, 1.807) is 42.3 Å². The van der Waals surface area contributed by atoms with Crippen LogP contribution >= 0.6 is 0 Å². The quantitative estimate of drug-likeness (QED) is 0.193. The van der Waals surface area contributed by atoms with Gasteiger partial charge in [-0.1, -0.05) is 25.5 Å². The molecule has 4 aliphatic heterocycles. The summed E-state index contributed by atoms with van der Waals surface area (Å²) in [5.74, 6) is -0.921. The van der Waals surface area contributed by atoms with Crippen molar-refractivity contribution in [3.8, 4) is 0 Å². The minimum atomic E-state index is -1.58. The highest BCUT2D eigenvalue weighted by molar-refractivity contribution is 5.80. The van der Waals surface area contributed by atoms with Crippen LogP contribution in [0.3, 0.4) is 0 Å². The van der Waals surface area contributed by atoms with Crippen molar-refractivity contribution in [2.75, 3.05) is 28.4 Å². The highest BCUT2D eigenvalue weighted by Gasteiger charge is 2.76. The van der Waals surface area contributed by atoms with E-state index in [0.29, 0.717) is 57.8 Å². The lowest BCUT2D eigenvalue weighted by molar-refractivity contribution is -0.347. The molecule has 0 bridgehead atoms. The maximum Gasteiger partial charge on any atom is 0.161 e. The smallest absolute Gasteiger partial charge is 0.161 e. The van der Waals surface area contributed by atoms with E-state index in [2.05, 4.69) is 13.0 Å². The maximum absolute atomic E-state index is 12.7. The predicted octanol–water partition coefficient (Wildman–Crippen LogP) is 3.86. The summed E-state index contributed by atoms with van der Waals surface area (Å²) in [5.41, 5.74) is -3.43. The van der Waals surface area contributed by atoms with E-state index in [9.17, 15) is 25.2 Å². The molecule has 0 aromatic rings. The molecule has 0 aromatic heterocycles. The number of hydrogen-bond acceptors (Lipinski definition) is 17. The highest BCUT2D eigenvalue weighted by atomic mass is 16.8. The summed E-state index contributed by atoms with van der Waals surface area (Å²) in [6.45, 7) is 13.1. The molecule has 2 unspecified atom stereocenters. The molecule has 4 heterocycles. The van der Waals surface area contributed by atoms with Gasteiger partial charge in [-0.15, -0.1) is 0 Å². The number of rotatable bonds is 13. The van der Waals surface area contributed by atoms with E-state index in [1.165, 1.54) is 12.5 Å². The lowest BCUT2D eigenvalue weighted by atomic mass is 9.43. The monoisotopic (exact) mass is 941 g/mol. The van der Waals surface area contributed by atoms with Crippen LogP contribution in [0.5, 0.6) is 0 Å². The zero-order valence-corrected chi connectivity index (χ0v) is 41.0. The zero-order chi connectivity index (χ0) is 47.7. The molecule has 0 amide bonds. The van der Waals surface area contributed by atoms with Gasteiger partial charge in [0.2, 0.25) is 0 Å². The van der Waals surface area contributed by atoms with Gasteiger partial charge in [-0.25, -0.2) is 0 Å². The van der Waals surface area contributed by atoms with Crippen LogP contribution in [0, 0.1) is 22.7 Å². The topological polar surface area (TPSA) is 209 Å². The SMILES string of the molecule is CO[C@H]1CC(O[C@H]2CC[C@@]3(C)C(=CC[C@]4(O)[C@@H]3C[C@@H](O)[C@]3(C)[C@H](C(C)=O)CC[C@@]34O)C2)O[C@H](C)[C@H]1OC1C[C@H](OC)[C@H](O[C@H]2C[C@@H](OC)[C@H](O[C@H]3C[C@@H](OC)[C@H](O)[C@@H](C)O3)[C@@H](C)O2)[C@@H](C)O1. The molecule has 378 valence electrons. The van der Waals surface area contributed by atoms with Crippen molar-refractivity contribution < 1.29 is 82.1 Å². The average molecular weight is 941 g/mol. The molecule has 0 spiro atoms. The number of ketones is 1. The number of carbonyl (C=O) groups is 1. The third-order valence-electron chi connectivity index (χ3n) is 17.9. The van der Waals surface area contributed by atoms with E-state index in [1.807, 2.05) is 20.8 Å². The summed E-state index contributed by atoms with van der Waals surface area (Å²) in [6, 6.07) is 0. The fourth-order valence-electron chi connectivity index (χ4n) is 14.0. The van der Waals surface area contributed by atoms with Crippen molar-refractivity contribution in [2.45, 2.75) is 241 Å². The van der Waals surface area contributed by atoms with Gasteiger partial charge in [0.05, 0.1) is 61.0 Å². The number of aliphatic hydroxyl groups excluding tert-OH is 2. The highest BCUT2D eigenvalue weighted by Crippen LogP contribution is 2.69. The average Bonchev–Trinajstić information content (AvgIpc) is 3.58. The molecule has 8 rings (SSSR count). The Bertz CT molecular complexity index is 1720. The van der Waals surface area contributed by atoms with Crippen LogP contribution in [0.15, 0.2) is 11.6 Å². The van der Waals surface area contributed by atoms with Gasteiger partial charge in [-0.05, 0) is 85.0 Å². The van der Waals surface area contributed by atoms with Crippen LogP contribution in [-0.2, 0) is 61.6 Å². The molecule has 4 aliphatic carbocycles. The number of carbonyl (C=O) groups excluding carboxylic acids is 1. The summed E-state index contributed by atoms with van der Waals surface area (Å²) < 4.78 is 75.1. The van der Waals surface area contributed by atoms with Crippen molar-refractivity contribution in [3.05, 3.63) is 11.6 Å². The Kier molecular flexibility index (Phi) is 15.3. The number of Topliss-reactive ketones (excluding diaryl/α,β-unsaturated/α-hetero) is 1. The Labute approximate surface area is 390 Å². The number of aliphatic hydroxyl groups is 4. The first kappa shape index (κ1) is 51.1. The molecular weight excluding hydrogens is 861 g/mol. The molecule has 0 radical (unpaired) electrons. The van der Waals surface area contributed by atoms with Crippen LogP contribution in [0.2, 0.25) is 0 Å². The second kappa shape index (κ2) is 19.8. The normalized spacial score (nSPS) is 53.0. The van der Waals surface area contributed by atoms with Gasteiger partial charge in [-0.2, -0.15) is 0 Å². The van der Waals surface area contributed by atoms with Gasteiger partial charge in [0.1, 0.15) is 41.4 Å². The van der Waals surface area contributed by atoms with E-state index < -0.39 is 114 Å². The van der Waals surface area contributed by atoms with Crippen molar-refractivity contribution in [2.24, 2.45) is 22.7 Å². The largest absolute Gasteiger partial charge is 0.392 e. The van der Waals surface area contributed by atoms with Crippen molar-refractivity contribution in [3.63, 3.8) is 0 Å². The van der Waals surface area contributed by atoms with Gasteiger partial charge >= 0.3 is 0 Å². The maximum atomic E-state index is 12.7. The van der Waals surface area contributed by atoms with Crippen LogP contribution in [0.1, 0.15) is 119 Å². The molecule has 0 aromatic carbocycles. The molecule has 4 N–H and O–H groups in total. The Morgan fingerprint density at radius 2 is 1.09 bits per heavy atom. The van der Waals surface area contributed by atoms with Crippen molar-refractivity contribution in [1.29, 1.82) is 0 Å². The summed E-state index contributed by atoms with van der Waals surface area (Å²) in [6.07, 6.45) is -1.60. The molecular formula is C49H80O17.